The first kappa shape index (κ1) is 17.0. The molecule has 0 radical (unpaired) electrons. The Kier molecular flexibility index (Phi) is 5.04. The third-order valence-corrected chi connectivity index (χ3v) is 4.34. The van der Waals surface area contributed by atoms with Gasteiger partial charge in [0.25, 0.3) is 5.91 Å². The zero-order chi connectivity index (χ0) is 17.8. The van der Waals surface area contributed by atoms with Gasteiger partial charge in [-0.3, -0.25) is 4.79 Å². The van der Waals surface area contributed by atoms with Crippen LogP contribution >= 0.6 is 11.8 Å². The van der Waals surface area contributed by atoms with Crippen molar-refractivity contribution in [2.75, 3.05) is 14.2 Å². The van der Waals surface area contributed by atoms with Crippen LogP contribution < -0.4 is 14.8 Å². The van der Waals surface area contributed by atoms with E-state index in [0.29, 0.717) is 27.3 Å². The molecule has 0 aliphatic carbocycles. The molecule has 0 saturated carbocycles. The molecule has 1 N–H and O–H groups in total. The lowest BCUT2D eigenvalue weighted by molar-refractivity contribution is -0.115. The van der Waals surface area contributed by atoms with Crippen molar-refractivity contribution in [3.05, 3.63) is 58.8 Å². The Labute approximate surface area is 148 Å². The Morgan fingerprint density at radius 3 is 2.56 bits per heavy atom. The van der Waals surface area contributed by atoms with Gasteiger partial charge < -0.3 is 14.8 Å². The molecule has 128 valence electrons. The zero-order valence-electron chi connectivity index (χ0n) is 13.6. The van der Waals surface area contributed by atoms with Gasteiger partial charge in [0.2, 0.25) is 0 Å². The Bertz CT molecular complexity index is 863. The number of para-hydroxylation sites is 1. The molecule has 1 amide bonds. The quantitative estimate of drug-likeness (QED) is 0.846. The summed E-state index contributed by atoms with van der Waals surface area (Å²) in [5.41, 5.74) is 1.28. The molecule has 2 aromatic carbocycles. The molecule has 7 heteroatoms. The highest BCUT2D eigenvalue weighted by Crippen LogP contribution is 2.35. The number of amides is 1. The van der Waals surface area contributed by atoms with Crippen LogP contribution in [0.25, 0.3) is 6.08 Å². The van der Waals surface area contributed by atoms with Crippen LogP contribution in [-0.4, -0.2) is 25.3 Å². The van der Waals surface area contributed by atoms with Crippen LogP contribution in [0.5, 0.6) is 11.5 Å². The van der Waals surface area contributed by atoms with Gasteiger partial charge in [0.15, 0.2) is 16.7 Å². The van der Waals surface area contributed by atoms with Crippen molar-refractivity contribution in [1.29, 1.82) is 0 Å². The van der Waals surface area contributed by atoms with Crippen molar-refractivity contribution in [2.24, 2.45) is 4.99 Å². The van der Waals surface area contributed by atoms with Gasteiger partial charge in [0.05, 0.1) is 24.8 Å². The second kappa shape index (κ2) is 7.40. The molecule has 0 atom stereocenters. The predicted octanol–water partition coefficient (Wildman–Crippen LogP) is 3.73. The number of carbonyl (C=O) groups is 1. The van der Waals surface area contributed by atoms with Crippen molar-refractivity contribution < 1.29 is 18.7 Å². The number of methoxy groups -OCH3 is 2. The summed E-state index contributed by atoms with van der Waals surface area (Å²) in [5.74, 6) is 0.545. The van der Waals surface area contributed by atoms with Crippen LogP contribution in [-0.2, 0) is 4.79 Å². The molecular formula is C18H15FN2O3S. The first-order valence-corrected chi connectivity index (χ1v) is 8.18. The van der Waals surface area contributed by atoms with Crippen LogP contribution in [0.1, 0.15) is 5.56 Å². The lowest BCUT2D eigenvalue weighted by atomic mass is 10.1. The summed E-state index contributed by atoms with van der Waals surface area (Å²) in [6.07, 6.45) is 1.72. The molecule has 1 fully saturated rings. The Morgan fingerprint density at radius 2 is 1.88 bits per heavy atom. The molecule has 3 rings (SSSR count). The number of halogens is 1. The zero-order valence-corrected chi connectivity index (χ0v) is 14.4. The van der Waals surface area contributed by atoms with Crippen LogP contribution in [0.3, 0.4) is 0 Å². The van der Waals surface area contributed by atoms with E-state index in [0.717, 1.165) is 5.56 Å². The minimum Gasteiger partial charge on any atom is -0.493 e. The van der Waals surface area contributed by atoms with Crippen molar-refractivity contribution in [3.8, 4) is 11.5 Å². The highest BCUT2D eigenvalue weighted by molar-refractivity contribution is 8.18. The number of nitrogens with zero attached hydrogens (tertiary/aromatic N) is 1. The number of rotatable bonds is 4. The molecule has 25 heavy (non-hydrogen) atoms. The summed E-state index contributed by atoms with van der Waals surface area (Å²) >= 11 is 1.21. The number of nitrogens with one attached hydrogen (secondary N) is 1. The highest BCUT2D eigenvalue weighted by atomic mass is 32.2. The Hall–Kier alpha value is -2.80. The normalized spacial score (nSPS) is 17.0. The van der Waals surface area contributed by atoms with E-state index in [1.54, 1.807) is 38.5 Å². The molecule has 0 aromatic heterocycles. The number of amidine groups is 1. The molecule has 5 nitrogen and oxygen atoms in total. The monoisotopic (exact) mass is 358 g/mol. The average Bonchev–Trinajstić information content (AvgIpc) is 2.95. The maximum absolute atomic E-state index is 12.9. The number of hydrogen-bond acceptors (Lipinski definition) is 5. The van der Waals surface area contributed by atoms with Crippen molar-refractivity contribution >= 4 is 34.6 Å². The summed E-state index contributed by atoms with van der Waals surface area (Å²) in [4.78, 5) is 17.0. The number of thioether (sulfide) groups is 1. The van der Waals surface area contributed by atoms with E-state index in [9.17, 15) is 9.18 Å². The minimum absolute atomic E-state index is 0.254. The van der Waals surface area contributed by atoms with Crippen LogP contribution in [0.15, 0.2) is 52.4 Å². The van der Waals surface area contributed by atoms with E-state index >= 15 is 0 Å². The van der Waals surface area contributed by atoms with Crippen molar-refractivity contribution in [1.82, 2.24) is 5.32 Å². The fourth-order valence-electron chi connectivity index (χ4n) is 2.28. The van der Waals surface area contributed by atoms with E-state index in [-0.39, 0.29) is 11.7 Å². The highest BCUT2D eigenvalue weighted by Gasteiger charge is 2.24. The molecule has 1 saturated heterocycles. The largest absolute Gasteiger partial charge is 0.493 e. The number of aliphatic imine (C=N–C) groups is 1. The maximum Gasteiger partial charge on any atom is 0.264 e. The molecule has 2 aromatic rings. The predicted molar refractivity (Wildman–Crippen MR) is 96.8 cm³/mol. The SMILES string of the molecule is COc1cccc(/C=C2/SC(=Nc3ccc(F)cc3)NC2=O)c1OC. The van der Waals surface area contributed by atoms with E-state index in [2.05, 4.69) is 10.3 Å². The molecule has 1 aliphatic heterocycles. The van der Waals surface area contributed by atoms with Gasteiger partial charge in [-0.2, -0.15) is 0 Å². The van der Waals surface area contributed by atoms with Crippen molar-refractivity contribution in [2.45, 2.75) is 0 Å². The van der Waals surface area contributed by atoms with Crippen molar-refractivity contribution in [3.63, 3.8) is 0 Å². The van der Waals surface area contributed by atoms with E-state index in [1.165, 1.54) is 23.9 Å². The fourth-order valence-corrected chi connectivity index (χ4v) is 3.11. The number of carbonyl (C=O) groups excluding carboxylic acids is 1. The molecule has 1 aliphatic rings. The third kappa shape index (κ3) is 3.83. The Morgan fingerprint density at radius 1 is 1.12 bits per heavy atom. The minimum atomic E-state index is -0.335. The number of ether oxygens (including phenoxy) is 2. The summed E-state index contributed by atoms with van der Waals surface area (Å²) in [6, 6.07) is 11.2. The molecule has 0 spiro atoms. The van der Waals surface area contributed by atoms with Crippen LogP contribution in [0.4, 0.5) is 10.1 Å². The Balaban J connectivity index is 1.88. The topological polar surface area (TPSA) is 59.9 Å². The van der Waals surface area contributed by atoms with Gasteiger partial charge in [-0.15, -0.1) is 0 Å². The van der Waals surface area contributed by atoms with Crippen LogP contribution in [0, 0.1) is 5.82 Å². The van der Waals surface area contributed by atoms with E-state index in [4.69, 9.17) is 9.47 Å². The summed E-state index contributed by atoms with van der Waals surface area (Å²) in [5, 5.41) is 3.13. The maximum atomic E-state index is 12.9. The number of hydrogen-bond donors (Lipinski definition) is 1. The smallest absolute Gasteiger partial charge is 0.264 e. The van der Waals surface area contributed by atoms with E-state index in [1.807, 2.05) is 12.1 Å². The van der Waals surface area contributed by atoms with Gasteiger partial charge in [0.1, 0.15) is 5.82 Å². The first-order chi connectivity index (χ1) is 12.1. The lowest BCUT2D eigenvalue weighted by Gasteiger charge is -2.10. The summed E-state index contributed by atoms with van der Waals surface area (Å²) in [6.45, 7) is 0. The molecule has 1 heterocycles. The fraction of sp³-hybridized carbons (Fsp3) is 0.111. The molecular weight excluding hydrogens is 343 g/mol. The van der Waals surface area contributed by atoms with Gasteiger partial charge >= 0.3 is 0 Å². The first-order valence-electron chi connectivity index (χ1n) is 7.37. The van der Waals surface area contributed by atoms with Gasteiger partial charge in [-0.1, -0.05) is 12.1 Å². The summed E-state index contributed by atoms with van der Waals surface area (Å²) < 4.78 is 23.6. The van der Waals surface area contributed by atoms with Gasteiger partial charge in [-0.25, -0.2) is 9.38 Å². The molecule has 0 bridgehead atoms. The van der Waals surface area contributed by atoms with E-state index < -0.39 is 0 Å². The molecule has 0 unspecified atom stereocenters. The van der Waals surface area contributed by atoms with Gasteiger partial charge in [-0.05, 0) is 48.2 Å². The number of benzene rings is 2. The standard InChI is InChI=1S/C18H15FN2O3S/c1-23-14-5-3-4-11(16(14)24-2)10-15-17(22)21-18(25-15)20-13-8-6-12(19)7-9-13/h3-10H,1-2H3,(H,20,21,22)/b15-10+. The van der Waals surface area contributed by atoms with Gasteiger partial charge in [0, 0.05) is 5.56 Å². The lowest BCUT2D eigenvalue weighted by Crippen LogP contribution is -2.19. The van der Waals surface area contributed by atoms with Crippen LogP contribution in [0.2, 0.25) is 0 Å². The summed E-state index contributed by atoms with van der Waals surface area (Å²) in [7, 11) is 3.10. The average molecular weight is 358 g/mol. The second-order valence-electron chi connectivity index (χ2n) is 5.04. The third-order valence-electron chi connectivity index (χ3n) is 3.43. The second-order valence-corrected chi connectivity index (χ2v) is 6.07.